The molecule has 0 aliphatic rings. The zero-order valence-corrected chi connectivity index (χ0v) is 8.55. The van der Waals surface area contributed by atoms with Crippen LogP contribution in [0.2, 0.25) is 0 Å². The zero-order chi connectivity index (χ0) is 11.7. The number of carboxylic acid groups (broad SMARTS) is 1. The van der Waals surface area contributed by atoms with Crippen molar-refractivity contribution in [3.05, 3.63) is 17.8 Å². The number of aromatic nitrogens is 2. The first-order valence-corrected chi connectivity index (χ1v) is 4.33. The molecule has 84 valence electrons. The minimum absolute atomic E-state index is 0.0868. The van der Waals surface area contributed by atoms with Gasteiger partial charge in [0.15, 0.2) is 0 Å². The third kappa shape index (κ3) is 1.52. The third-order valence-electron chi connectivity index (χ3n) is 1.97. The quantitative estimate of drug-likeness (QED) is 0.839. The first-order chi connectivity index (χ1) is 7.63. The number of methoxy groups -OCH3 is 1. The van der Waals surface area contributed by atoms with Gasteiger partial charge in [0.05, 0.1) is 18.4 Å². The van der Waals surface area contributed by atoms with E-state index >= 15 is 0 Å². The van der Waals surface area contributed by atoms with E-state index < -0.39 is 11.9 Å². The Hall–Kier alpha value is -2.31. The van der Waals surface area contributed by atoms with Gasteiger partial charge in [0.2, 0.25) is 5.76 Å². The lowest BCUT2D eigenvalue weighted by atomic mass is 10.2. The highest BCUT2D eigenvalue weighted by Crippen LogP contribution is 2.32. The van der Waals surface area contributed by atoms with Crippen molar-refractivity contribution in [3.8, 4) is 17.2 Å². The summed E-state index contributed by atoms with van der Waals surface area (Å²) in [6, 6.07) is 0. The van der Waals surface area contributed by atoms with E-state index in [2.05, 4.69) is 10.1 Å². The normalized spacial score (nSPS) is 10.4. The smallest absolute Gasteiger partial charge is 0.392 e. The van der Waals surface area contributed by atoms with Gasteiger partial charge in [0, 0.05) is 0 Å². The van der Waals surface area contributed by atoms with Gasteiger partial charge in [-0.2, -0.15) is 4.98 Å². The number of oxazole rings is 1. The minimum Gasteiger partial charge on any atom is -0.478 e. The number of carbonyl (C=O) groups is 1. The molecular weight excluding hydrogens is 216 g/mol. The molecule has 2 heterocycles. The van der Waals surface area contributed by atoms with Crippen LogP contribution in [-0.2, 0) is 0 Å². The Kier molecular flexibility index (Phi) is 2.35. The number of hydrogen-bond donors (Lipinski definition) is 1. The van der Waals surface area contributed by atoms with Gasteiger partial charge in [-0.05, 0) is 6.92 Å². The standard InChI is InChI=1S/C9H8N2O5/c1-4-5(3-15-11-4)6-7(14-2)10-8(16-6)9(12)13/h3H,1-2H3,(H,12,13). The summed E-state index contributed by atoms with van der Waals surface area (Å²) >= 11 is 0. The molecule has 0 atom stereocenters. The van der Waals surface area contributed by atoms with Gasteiger partial charge in [0.25, 0.3) is 5.88 Å². The fourth-order valence-electron chi connectivity index (χ4n) is 1.22. The molecule has 0 fully saturated rings. The number of nitrogens with zero attached hydrogens (tertiary/aromatic N) is 2. The Morgan fingerprint density at radius 2 is 2.31 bits per heavy atom. The largest absolute Gasteiger partial charge is 0.478 e. The summed E-state index contributed by atoms with van der Waals surface area (Å²) in [5.41, 5.74) is 1.07. The Labute approximate surface area is 89.6 Å². The van der Waals surface area contributed by atoms with Gasteiger partial charge >= 0.3 is 11.9 Å². The maximum absolute atomic E-state index is 10.7. The van der Waals surface area contributed by atoms with E-state index in [1.165, 1.54) is 13.4 Å². The van der Waals surface area contributed by atoms with Crippen LogP contribution < -0.4 is 4.74 Å². The van der Waals surface area contributed by atoms with Crippen molar-refractivity contribution in [2.45, 2.75) is 6.92 Å². The molecule has 0 aliphatic heterocycles. The average Bonchev–Trinajstić information content (AvgIpc) is 2.82. The lowest BCUT2D eigenvalue weighted by Crippen LogP contribution is -1.95. The molecule has 0 unspecified atom stereocenters. The van der Waals surface area contributed by atoms with Gasteiger partial charge in [-0.1, -0.05) is 5.16 Å². The van der Waals surface area contributed by atoms with Gasteiger partial charge in [-0.3, -0.25) is 0 Å². The van der Waals surface area contributed by atoms with Crippen LogP contribution in [0.4, 0.5) is 0 Å². The average molecular weight is 224 g/mol. The van der Waals surface area contributed by atoms with Crippen molar-refractivity contribution in [1.29, 1.82) is 0 Å². The minimum atomic E-state index is -1.27. The van der Waals surface area contributed by atoms with E-state index in [4.69, 9.17) is 18.8 Å². The summed E-state index contributed by atoms with van der Waals surface area (Å²) in [5, 5.41) is 12.4. The summed E-state index contributed by atoms with van der Waals surface area (Å²) < 4.78 is 14.7. The molecule has 2 rings (SSSR count). The van der Waals surface area contributed by atoms with Gasteiger partial charge in [-0.25, -0.2) is 4.79 Å². The van der Waals surface area contributed by atoms with Crippen molar-refractivity contribution in [2.24, 2.45) is 0 Å². The van der Waals surface area contributed by atoms with Crippen LogP contribution in [0.5, 0.6) is 5.88 Å². The summed E-state index contributed by atoms with van der Waals surface area (Å²) in [6.45, 7) is 1.70. The lowest BCUT2D eigenvalue weighted by molar-refractivity contribution is 0.0654. The molecule has 0 saturated carbocycles. The van der Waals surface area contributed by atoms with Crippen LogP contribution in [0.1, 0.15) is 16.4 Å². The number of hydrogen-bond acceptors (Lipinski definition) is 6. The maximum Gasteiger partial charge on any atom is 0.392 e. The highest BCUT2D eigenvalue weighted by atomic mass is 16.5. The molecule has 0 amide bonds. The summed E-state index contributed by atoms with van der Waals surface area (Å²) in [4.78, 5) is 14.4. The topological polar surface area (TPSA) is 98.6 Å². The van der Waals surface area contributed by atoms with Crippen LogP contribution in [0.3, 0.4) is 0 Å². The third-order valence-corrected chi connectivity index (χ3v) is 1.97. The van der Waals surface area contributed by atoms with Crippen LogP contribution in [0.15, 0.2) is 15.2 Å². The predicted molar refractivity (Wildman–Crippen MR) is 50.2 cm³/mol. The van der Waals surface area contributed by atoms with Crippen molar-refractivity contribution in [3.63, 3.8) is 0 Å². The molecule has 0 aromatic carbocycles. The summed E-state index contributed by atoms with van der Waals surface area (Å²) in [5.74, 6) is -1.42. The van der Waals surface area contributed by atoms with Crippen molar-refractivity contribution >= 4 is 5.97 Å². The number of aryl methyl sites for hydroxylation is 1. The van der Waals surface area contributed by atoms with Crippen LogP contribution in [-0.4, -0.2) is 28.3 Å². The lowest BCUT2D eigenvalue weighted by Gasteiger charge is -1.95. The maximum atomic E-state index is 10.7. The zero-order valence-electron chi connectivity index (χ0n) is 8.55. The summed E-state index contributed by atoms with van der Waals surface area (Å²) in [6.07, 6.45) is 1.34. The first-order valence-electron chi connectivity index (χ1n) is 4.33. The van der Waals surface area contributed by atoms with Crippen LogP contribution in [0.25, 0.3) is 11.3 Å². The molecule has 0 spiro atoms. The number of carboxylic acids is 1. The highest BCUT2D eigenvalue weighted by molar-refractivity contribution is 5.83. The van der Waals surface area contributed by atoms with Crippen molar-refractivity contribution in [1.82, 2.24) is 10.1 Å². The van der Waals surface area contributed by atoms with Crippen molar-refractivity contribution < 1.29 is 23.6 Å². The van der Waals surface area contributed by atoms with Crippen molar-refractivity contribution in [2.75, 3.05) is 7.11 Å². The van der Waals surface area contributed by atoms with E-state index in [1.807, 2.05) is 0 Å². The van der Waals surface area contributed by atoms with E-state index in [1.54, 1.807) is 6.92 Å². The van der Waals surface area contributed by atoms with E-state index in [0.29, 0.717) is 11.3 Å². The molecule has 7 nitrogen and oxygen atoms in total. The number of aromatic carboxylic acids is 1. The Balaban J connectivity index is 2.56. The fraction of sp³-hybridized carbons (Fsp3) is 0.222. The Morgan fingerprint density at radius 1 is 1.56 bits per heavy atom. The van der Waals surface area contributed by atoms with Gasteiger partial charge < -0.3 is 18.8 Å². The number of ether oxygens (including phenoxy) is 1. The molecule has 0 bridgehead atoms. The predicted octanol–water partition coefficient (Wildman–Crippen LogP) is 1.34. The fourth-order valence-corrected chi connectivity index (χ4v) is 1.22. The molecule has 7 heteroatoms. The molecule has 2 aromatic rings. The van der Waals surface area contributed by atoms with E-state index in [-0.39, 0.29) is 11.6 Å². The second-order valence-electron chi connectivity index (χ2n) is 2.98. The molecule has 0 saturated heterocycles. The monoisotopic (exact) mass is 224 g/mol. The Bertz CT molecular complexity index is 528. The summed E-state index contributed by atoms with van der Waals surface area (Å²) in [7, 11) is 1.37. The first kappa shape index (κ1) is 10.2. The van der Waals surface area contributed by atoms with Crippen LogP contribution in [0, 0.1) is 6.92 Å². The van der Waals surface area contributed by atoms with E-state index in [9.17, 15) is 4.79 Å². The molecule has 2 aromatic heterocycles. The molecule has 16 heavy (non-hydrogen) atoms. The molecular formula is C9H8N2O5. The highest BCUT2D eigenvalue weighted by Gasteiger charge is 2.22. The second kappa shape index (κ2) is 3.69. The SMILES string of the molecule is COc1nc(C(=O)O)oc1-c1conc1C. The van der Waals surface area contributed by atoms with Gasteiger partial charge in [-0.15, -0.1) is 0 Å². The van der Waals surface area contributed by atoms with Crippen LogP contribution >= 0.6 is 0 Å². The molecule has 0 aliphatic carbocycles. The Morgan fingerprint density at radius 3 is 2.81 bits per heavy atom. The number of rotatable bonds is 3. The van der Waals surface area contributed by atoms with E-state index in [0.717, 1.165) is 0 Å². The second-order valence-corrected chi connectivity index (χ2v) is 2.98. The molecule has 0 radical (unpaired) electrons. The van der Waals surface area contributed by atoms with Gasteiger partial charge in [0.1, 0.15) is 6.26 Å². The molecule has 1 N–H and O–H groups in total.